The van der Waals surface area contributed by atoms with Crippen LogP contribution in [0.2, 0.25) is 0 Å². The van der Waals surface area contributed by atoms with Crippen LogP contribution in [0.1, 0.15) is 34.1 Å². The molecule has 20 heavy (non-hydrogen) atoms. The molecule has 0 N–H and O–H groups in total. The number of ketones is 1. The largest absolute Gasteiger partial charge is 0.462 e. The molecule has 4 nitrogen and oxygen atoms in total. The Bertz CT molecular complexity index is 491. The predicted molar refractivity (Wildman–Crippen MR) is 68.7 cm³/mol. The minimum absolute atomic E-state index is 0.00408. The molecule has 1 aromatic rings. The zero-order chi connectivity index (χ0) is 15.1. The molecule has 0 aliphatic heterocycles. The molecule has 1 aromatic carbocycles. The van der Waals surface area contributed by atoms with E-state index >= 15 is 0 Å². The highest BCUT2D eigenvalue weighted by atomic mass is 35.5. The lowest BCUT2D eigenvalue weighted by molar-refractivity contribution is -0.0502. The summed E-state index contributed by atoms with van der Waals surface area (Å²) in [7, 11) is 0. The van der Waals surface area contributed by atoms with Crippen molar-refractivity contribution in [3.63, 3.8) is 0 Å². The Labute approximate surface area is 119 Å². The Morgan fingerprint density at radius 3 is 2.60 bits per heavy atom. The summed E-state index contributed by atoms with van der Waals surface area (Å²) in [5, 5.41) is 0. The molecule has 0 fully saturated rings. The van der Waals surface area contributed by atoms with Crippen molar-refractivity contribution in [2.45, 2.75) is 20.0 Å². The van der Waals surface area contributed by atoms with E-state index < -0.39 is 18.4 Å². The van der Waals surface area contributed by atoms with Gasteiger partial charge in [-0.25, -0.2) is 4.79 Å². The molecule has 0 aromatic heterocycles. The van der Waals surface area contributed by atoms with E-state index in [9.17, 15) is 18.4 Å². The van der Waals surface area contributed by atoms with Crippen molar-refractivity contribution < 1.29 is 27.8 Å². The number of alkyl halides is 3. The fourth-order valence-electron chi connectivity index (χ4n) is 1.60. The van der Waals surface area contributed by atoms with Crippen molar-refractivity contribution in [1.29, 1.82) is 0 Å². The molecule has 110 valence electrons. The maximum absolute atomic E-state index is 12.4. The average molecular weight is 307 g/mol. The molecule has 0 aliphatic rings. The molecule has 0 unspecified atom stereocenters. The minimum Gasteiger partial charge on any atom is -0.462 e. The Morgan fingerprint density at radius 2 is 2.05 bits per heavy atom. The first-order valence-electron chi connectivity index (χ1n) is 5.85. The van der Waals surface area contributed by atoms with Crippen molar-refractivity contribution >= 4 is 23.4 Å². The second-order valence-corrected chi connectivity index (χ2v) is 4.02. The van der Waals surface area contributed by atoms with Gasteiger partial charge >= 0.3 is 12.6 Å². The van der Waals surface area contributed by atoms with Gasteiger partial charge in [0.05, 0.1) is 17.7 Å². The molecule has 7 heteroatoms. The first kappa shape index (κ1) is 16.4. The van der Waals surface area contributed by atoms with Gasteiger partial charge in [0.2, 0.25) is 0 Å². The number of benzene rings is 1. The Kier molecular flexibility index (Phi) is 6.38. The number of ether oxygens (including phenoxy) is 2. The lowest BCUT2D eigenvalue weighted by atomic mass is 10.0. The SMILES string of the molecule is CCOC(=O)c1cccc(OC(F)F)c1C(=O)CCCl. The summed E-state index contributed by atoms with van der Waals surface area (Å²) in [6.07, 6.45) is -0.0996. The van der Waals surface area contributed by atoms with Gasteiger partial charge < -0.3 is 9.47 Å². The summed E-state index contributed by atoms with van der Waals surface area (Å²) in [5.41, 5.74) is -0.341. The first-order chi connectivity index (χ1) is 9.51. The third-order valence-electron chi connectivity index (χ3n) is 2.34. The summed E-state index contributed by atoms with van der Waals surface area (Å²) < 4.78 is 33.8. The monoisotopic (exact) mass is 306 g/mol. The fraction of sp³-hybridized carbons (Fsp3) is 0.385. The predicted octanol–water partition coefficient (Wildman–Crippen LogP) is 3.28. The van der Waals surface area contributed by atoms with Crippen molar-refractivity contribution in [1.82, 2.24) is 0 Å². The zero-order valence-corrected chi connectivity index (χ0v) is 11.5. The summed E-state index contributed by atoms with van der Waals surface area (Å²) >= 11 is 5.47. The van der Waals surface area contributed by atoms with Gasteiger partial charge in [0, 0.05) is 12.3 Å². The highest BCUT2D eigenvalue weighted by Crippen LogP contribution is 2.26. The van der Waals surface area contributed by atoms with E-state index in [1.165, 1.54) is 18.2 Å². The Morgan fingerprint density at radius 1 is 1.35 bits per heavy atom. The maximum atomic E-state index is 12.4. The summed E-state index contributed by atoms with van der Waals surface area (Å²) in [4.78, 5) is 23.7. The van der Waals surface area contributed by atoms with Crippen LogP contribution < -0.4 is 4.74 Å². The van der Waals surface area contributed by atoms with Crippen LogP contribution in [-0.4, -0.2) is 30.9 Å². The highest BCUT2D eigenvalue weighted by Gasteiger charge is 2.23. The Hall–Kier alpha value is -1.69. The molecule has 0 saturated carbocycles. The number of Topliss-reactive ketones (excluding diaryl/α,β-unsaturated/α-hetero) is 1. The number of hydrogen-bond donors (Lipinski definition) is 0. The molecule has 1 rings (SSSR count). The molecular formula is C13H13ClF2O4. The zero-order valence-electron chi connectivity index (χ0n) is 10.7. The number of carbonyl (C=O) groups excluding carboxylic acids is 2. The van der Waals surface area contributed by atoms with E-state index in [2.05, 4.69) is 4.74 Å². The van der Waals surface area contributed by atoms with E-state index in [0.717, 1.165) is 0 Å². The maximum Gasteiger partial charge on any atom is 0.387 e. The van der Waals surface area contributed by atoms with Crippen LogP contribution in [0.4, 0.5) is 8.78 Å². The molecule has 0 amide bonds. The number of carbonyl (C=O) groups is 2. The molecule has 0 saturated heterocycles. The quantitative estimate of drug-likeness (QED) is 0.441. The van der Waals surface area contributed by atoms with Crippen LogP contribution in [0.3, 0.4) is 0 Å². The van der Waals surface area contributed by atoms with E-state index in [-0.39, 0.29) is 35.8 Å². The molecule has 0 spiro atoms. The van der Waals surface area contributed by atoms with Crippen LogP contribution in [0.15, 0.2) is 18.2 Å². The summed E-state index contributed by atoms with van der Waals surface area (Å²) in [6.45, 7) is -1.41. The second-order valence-electron chi connectivity index (χ2n) is 3.64. The van der Waals surface area contributed by atoms with Gasteiger partial charge in [0.25, 0.3) is 0 Å². The van der Waals surface area contributed by atoms with Crippen molar-refractivity contribution in [3.8, 4) is 5.75 Å². The molecule has 0 radical (unpaired) electrons. The van der Waals surface area contributed by atoms with Crippen LogP contribution in [0.5, 0.6) is 5.75 Å². The fourth-order valence-corrected chi connectivity index (χ4v) is 1.77. The summed E-state index contributed by atoms with van der Waals surface area (Å²) in [6, 6.07) is 3.84. The highest BCUT2D eigenvalue weighted by molar-refractivity contribution is 6.20. The van der Waals surface area contributed by atoms with Gasteiger partial charge in [0.15, 0.2) is 5.78 Å². The number of hydrogen-bond acceptors (Lipinski definition) is 4. The normalized spacial score (nSPS) is 10.4. The van der Waals surface area contributed by atoms with E-state index in [1.807, 2.05) is 0 Å². The number of rotatable bonds is 7. The number of esters is 1. The van der Waals surface area contributed by atoms with E-state index in [0.29, 0.717) is 0 Å². The molecule has 0 bridgehead atoms. The van der Waals surface area contributed by atoms with Crippen LogP contribution in [0.25, 0.3) is 0 Å². The van der Waals surface area contributed by atoms with Gasteiger partial charge in [-0.1, -0.05) is 6.07 Å². The topological polar surface area (TPSA) is 52.6 Å². The van der Waals surface area contributed by atoms with Gasteiger partial charge in [-0.2, -0.15) is 8.78 Å². The van der Waals surface area contributed by atoms with Crippen LogP contribution >= 0.6 is 11.6 Å². The van der Waals surface area contributed by atoms with Crippen molar-refractivity contribution in [3.05, 3.63) is 29.3 Å². The lowest BCUT2D eigenvalue weighted by Crippen LogP contribution is -2.15. The second kappa shape index (κ2) is 7.79. The van der Waals surface area contributed by atoms with E-state index in [1.54, 1.807) is 6.92 Å². The number of halogens is 3. The van der Waals surface area contributed by atoms with E-state index in [4.69, 9.17) is 16.3 Å². The van der Waals surface area contributed by atoms with Gasteiger partial charge in [-0.05, 0) is 19.1 Å². The third kappa shape index (κ3) is 4.16. The van der Waals surface area contributed by atoms with Crippen LogP contribution in [-0.2, 0) is 4.74 Å². The lowest BCUT2D eigenvalue weighted by Gasteiger charge is -2.13. The van der Waals surface area contributed by atoms with Crippen molar-refractivity contribution in [2.75, 3.05) is 12.5 Å². The van der Waals surface area contributed by atoms with Gasteiger partial charge in [0.1, 0.15) is 5.75 Å². The minimum atomic E-state index is -3.10. The smallest absolute Gasteiger partial charge is 0.387 e. The summed E-state index contributed by atoms with van der Waals surface area (Å²) in [5.74, 6) is -1.69. The average Bonchev–Trinajstić information content (AvgIpc) is 2.38. The van der Waals surface area contributed by atoms with Crippen molar-refractivity contribution in [2.24, 2.45) is 0 Å². The first-order valence-corrected chi connectivity index (χ1v) is 6.38. The molecule has 0 aliphatic carbocycles. The molecular weight excluding hydrogens is 294 g/mol. The standard InChI is InChI=1S/C13H13ClF2O4/c1-2-19-12(18)8-4-3-5-10(20-13(15)16)11(8)9(17)6-7-14/h3-5,13H,2,6-7H2,1H3. The van der Waals surface area contributed by atoms with Crippen LogP contribution in [0, 0.1) is 0 Å². The Balaban J connectivity index is 3.28. The third-order valence-corrected chi connectivity index (χ3v) is 2.53. The molecule has 0 atom stereocenters. The van der Waals surface area contributed by atoms with Gasteiger partial charge in [-0.3, -0.25) is 4.79 Å². The molecule has 0 heterocycles. The van der Waals surface area contributed by atoms with Gasteiger partial charge in [-0.15, -0.1) is 11.6 Å².